The van der Waals surface area contributed by atoms with E-state index in [2.05, 4.69) is 86.4 Å². The predicted octanol–water partition coefficient (Wildman–Crippen LogP) is 6.90. The monoisotopic (exact) mass is 656 g/mol. The van der Waals surface area contributed by atoms with Crippen LogP contribution in [0.4, 0.5) is 10.6 Å². The first-order chi connectivity index (χ1) is 22.9. The fourth-order valence-corrected chi connectivity index (χ4v) is 7.42. The highest BCUT2D eigenvalue weighted by Crippen LogP contribution is 2.48. The Kier molecular flexibility index (Phi) is 9.97. The average Bonchev–Trinajstić information content (AvgIpc) is 3.71. The summed E-state index contributed by atoms with van der Waals surface area (Å²) in [5.41, 5.74) is 1.57. The number of nitrogens with zero attached hydrogens (tertiary/aromatic N) is 5. The molecule has 1 N–H and O–H groups in total. The summed E-state index contributed by atoms with van der Waals surface area (Å²) in [6.45, 7) is 15.9. The van der Waals surface area contributed by atoms with E-state index < -0.39 is 11.4 Å². The molecule has 6 rings (SSSR count). The Hall–Kier alpha value is -3.73. The number of benzene rings is 2. The van der Waals surface area contributed by atoms with Gasteiger partial charge in [-0.2, -0.15) is 0 Å². The molecular weight excluding hydrogens is 604 g/mol. The zero-order valence-electron chi connectivity index (χ0n) is 29.6. The topological polar surface area (TPSA) is 94.0 Å². The third kappa shape index (κ3) is 7.61. The highest BCUT2D eigenvalue weighted by Gasteiger charge is 2.54. The second-order valence-corrected chi connectivity index (χ2v) is 14.7. The van der Waals surface area contributed by atoms with Gasteiger partial charge in [0, 0.05) is 38.8 Å². The molecule has 1 aliphatic carbocycles. The van der Waals surface area contributed by atoms with Crippen molar-refractivity contribution in [3.8, 4) is 0 Å². The molecule has 0 radical (unpaired) electrons. The zero-order chi connectivity index (χ0) is 34.1. The van der Waals surface area contributed by atoms with Gasteiger partial charge in [0.1, 0.15) is 29.5 Å². The highest BCUT2D eigenvalue weighted by molar-refractivity contribution is 5.87. The maximum Gasteiger partial charge on any atom is 0.410 e. The Labute approximate surface area is 284 Å². The van der Waals surface area contributed by atoms with Crippen molar-refractivity contribution in [2.75, 3.05) is 45.1 Å². The molecule has 48 heavy (non-hydrogen) atoms. The molecular formula is C38H52N6O4. The Morgan fingerprint density at radius 3 is 2.56 bits per heavy atom. The van der Waals surface area contributed by atoms with Crippen LogP contribution in [0, 0.1) is 5.92 Å². The standard InChI is InChI=1S/C38H52N6O4/c1-8-42(18-11-19-43(36(45)48-37(2,3)4)20-16-26-14-15-27-12-9-10-13-28(27)22-26)24-29-23-31(33-32(29)46-38(5,6)47-33)44-21-17-30-34(39-7)40-25-41-35(30)44/h9-10,12-15,17,21-22,25,29,31-33H,8,11,16,18-20,23-24H2,1-7H3,(H,39,40,41)/t29-,31-,32-,33+/m1/s1. The van der Waals surface area contributed by atoms with E-state index in [0.29, 0.717) is 19.0 Å². The van der Waals surface area contributed by atoms with E-state index in [-0.39, 0.29) is 24.3 Å². The van der Waals surface area contributed by atoms with Crippen LogP contribution in [0.1, 0.15) is 66.0 Å². The Balaban J connectivity index is 1.11. The number of rotatable bonds is 12. The largest absolute Gasteiger partial charge is 0.444 e. The maximum absolute atomic E-state index is 13.3. The molecule has 2 aliphatic rings. The quantitative estimate of drug-likeness (QED) is 0.176. The smallest absolute Gasteiger partial charge is 0.410 e. The lowest BCUT2D eigenvalue weighted by Gasteiger charge is -2.30. The summed E-state index contributed by atoms with van der Waals surface area (Å²) in [5.74, 6) is 0.472. The molecule has 4 aromatic rings. The van der Waals surface area contributed by atoms with Crippen LogP contribution in [-0.2, 0) is 20.6 Å². The van der Waals surface area contributed by atoms with E-state index in [4.69, 9.17) is 14.2 Å². The van der Waals surface area contributed by atoms with Crippen molar-refractivity contribution in [2.24, 2.45) is 5.92 Å². The molecule has 258 valence electrons. The van der Waals surface area contributed by atoms with Gasteiger partial charge in [-0.3, -0.25) is 0 Å². The molecule has 3 heterocycles. The molecule has 10 nitrogen and oxygen atoms in total. The molecule has 1 amide bonds. The van der Waals surface area contributed by atoms with Crippen molar-refractivity contribution in [3.05, 3.63) is 66.6 Å². The summed E-state index contributed by atoms with van der Waals surface area (Å²) >= 11 is 0. The first kappa shape index (κ1) is 34.1. The second kappa shape index (κ2) is 14.0. The van der Waals surface area contributed by atoms with Gasteiger partial charge < -0.3 is 33.9 Å². The first-order valence-electron chi connectivity index (χ1n) is 17.5. The van der Waals surface area contributed by atoms with Crippen LogP contribution in [0.25, 0.3) is 21.8 Å². The average molecular weight is 657 g/mol. The van der Waals surface area contributed by atoms with Crippen molar-refractivity contribution in [3.63, 3.8) is 0 Å². The summed E-state index contributed by atoms with van der Waals surface area (Å²) in [7, 11) is 1.88. The van der Waals surface area contributed by atoms with Crippen LogP contribution in [0.15, 0.2) is 61.1 Å². The molecule has 0 unspecified atom stereocenters. The second-order valence-electron chi connectivity index (χ2n) is 14.7. The number of ether oxygens (including phenoxy) is 3. The van der Waals surface area contributed by atoms with Gasteiger partial charge in [0.15, 0.2) is 5.79 Å². The van der Waals surface area contributed by atoms with Crippen molar-refractivity contribution < 1.29 is 19.0 Å². The molecule has 2 aromatic carbocycles. The predicted molar refractivity (Wildman–Crippen MR) is 190 cm³/mol. The number of hydrogen-bond donors (Lipinski definition) is 1. The molecule has 1 saturated heterocycles. The van der Waals surface area contributed by atoms with E-state index in [0.717, 1.165) is 55.7 Å². The first-order valence-corrected chi connectivity index (χ1v) is 17.5. The van der Waals surface area contributed by atoms with Gasteiger partial charge in [0.05, 0.1) is 17.5 Å². The maximum atomic E-state index is 13.3. The number of carbonyl (C=O) groups is 1. The molecule has 0 spiro atoms. The summed E-state index contributed by atoms with van der Waals surface area (Å²) in [6.07, 6.45) is 5.95. The number of fused-ring (bicyclic) bond motifs is 3. The lowest BCUT2D eigenvalue weighted by atomic mass is 10.0. The molecule has 2 aromatic heterocycles. The fourth-order valence-electron chi connectivity index (χ4n) is 7.42. The molecule has 4 atom stereocenters. The molecule has 0 bridgehead atoms. The van der Waals surface area contributed by atoms with Gasteiger partial charge in [-0.15, -0.1) is 0 Å². The molecule has 1 aliphatic heterocycles. The van der Waals surface area contributed by atoms with E-state index in [1.54, 1.807) is 6.33 Å². The van der Waals surface area contributed by atoms with Gasteiger partial charge in [-0.05, 0) is 89.4 Å². The van der Waals surface area contributed by atoms with Crippen LogP contribution in [-0.4, -0.2) is 93.8 Å². The van der Waals surface area contributed by atoms with Crippen LogP contribution in [0.3, 0.4) is 0 Å². The van der Waals surface area contributed by atoms with Gasteiger partial charge in [-0.25, -0.2) is 14.8 Å². The van der Waals surface area contributed by atoms with Crippen LogP contribution >= 0.6 is 0 Å². The molecule has 2 fully saturated rings. The van der Waals surface area contributed by atoms with Crippen molar-refractivity contribution in [2.45, 2.75) is 90.4 Å². The third-order valence-electron chi connectivity index (χ3n) is 9.63. The lowest BCUT2D eigenvalue weighted by molar-refractivity contribution is -0.160. The minimum Gasteiger partial charge on any atom is -0.444 e. The van der Waals surface area contributed by atoms with E-state index in [1.165, 1.54) is 16.3 Å². The van der Waals surface area contributed by atoms with Gasteiger partial charge in [0.2, 0.25) is 0 Å². The molecule has 10 heteroatoms. The van der Waals surface area contributed by atoms with E-state index in [1.807, 2.05) is 46.6 Å². The van der Waals surface area contributed by atoms with Crippen molar-refractivity contribution in [1.29, 1.82) is 0 Å². The number of anilines is 1. The third-order valence-corrected chi connectivity index (χ3v) is 9.63. The Morgan fingerprint density at radius 1 is 1.04 bits per heavy atom. The number of hydrogen-bond acceptors (Lipinski definition) is 8. The summed E-state index contributed by atoms with van der Waals surface area (Å²) in [5, 5.41) is 6.63. The number of nitrogens with one attached hydrogen (secondary N) is 1. The Morgan fingerprint density at radius 2 is 1.81 bits per heavy atom. The lowest BCUT2D eigenvalue weighted by Crippen LogP contribution is -2.40. The number of carbonyl (C=O) groups excluding carboxylic acids is 1. The van der Waals surface area contributed by atoms with Gasteiger partial charge in [-0.1, -0.05) is 49.4 Å². The van der Waals surface area contributed by atoms with Gasteiger partial charge in [0.25, 0.3) is 0 Å². The van der Waals surface area contributed by atoms with Crippen molar-refractivity contribution >= 4 is 33.7 Å². The number of aromatic nitrogens is 3. The van der Waals surface area contributed by atoms with Crippen LogP contribution in [0.2, 0.25) is 0 Å². The van der Waals surface area contributed by atoms with E-state index >= 15 is 0 Å². The Bertz CT molecular complexity index is 1710. The summed E-state index contributed by atoms with van der Waals surface area (Å²) in [4.78, 5) is 26.7. The fraction of sp³-hybridized carbons (Fsp3) is 0.553. The minimum atomic E-state index is -0.643. The number of amides is 1. The summed E-state index contributed by atoms with van der Waals surface area (Å²) < 4.78 is 21.2. The van der Waals surface area contributed by atoms with Crippen LogP contribution in [0.5, 0.6) is 0 Å². The minimum absolute atomic E-state index is 0.0117. The van der Waals surface area contributed by atoms with Gasteiger partial charge >= 0.3 is 6.09 Å². The normalized spacial score (nSPS) is 22.0. The molecule has 1 saturated carbocycles. The van der Waals surface area contributed by atoms with E-state index in [9.17, 15) is 4.79 Å². The highest BCUT2D eigenvalue weighted by atomic mass is 16.8. The summed E-state index contributed by atoms with van der Waals surface area (Å²) in [6, 6.07) is 17.1. The van der Waals surface area contributed by atoms with Crippen molar-refractivity contribution in [1.82, 2.24) is 24.3 Å². The SMILES string of the molecule is CCN(CCCN(CCc1ccc2ccccc2c1)C(=O)OC(C)(C)C)C[C@H]1C[C@@H](n2ccc3c(NC)ncnc32)[C@@H]2OC(C)(C)O[C@H]12. The zero-order valence-corrected chi connectivity index (χ0v) is 29.6. The van der Waals surface area contributed by atoms with Crippen LogP contribution < -0.4 is 5.32 Å².